The minimum atomic E-state index is -4.70. The zero-order chi connectivity index (χ0) is 16.0. The van der Waals surface area contributed by atoms with E-state index in [0.29, 0.717) is 18.2 Å². The molecule has 1 fully saturated rings. The van der Waals surface area contributed by atoms with Crippen molar-refractivity contribution in [2.24, 2.45) is 16.6 Å². The van der Waals surface area contributed by atoms with E-state index < -0.39 is 6.36 Å². The summed E-state index contributed by atoms with van der Waals surface area (Å²) in [5.74, 6) is 0.406. The molecule has 0 aliphatic carbocycles. The van der Waals surface area contributed by atoms with Gasteiger partial charge in [0.25, 0.3) is 0 Å². The average Bonchev–Trinajstić information content (AvgIpc) is 2.47. The maximum Gasteiger partial charge on any atom is 0.573 e. The Labute approximate surface area is 126 Å². The summed E-state index contributed by atoms with van der Waals surface area (Å²) in [6, 6.07) is 5.30. The van der Waals surface area contributed by atoms with E-state index in [4.69, 9.17) is 10.5 Å². The lowest BCUT2D eigenvalue weighted by molar-refractivity contribution is -0.274. The number of alkyl halides is 3. The summed E-state index contributed by atoms with van der Waals surface area (Å²) in [6.07, 6.45) is -2.78. The van der Waals surface area contributed by atoms with Gasteiger partial charge in [-0.05, 0) is 43.0 Å². The van der Waals surface area contributed by atoms with Crippen LogP contribution in [0.1, 0.15) is 12.8 Å². The minimum absolute atomic E-state index is 0.232. The fourth-order valence-electron chi connectivity index (χ4n) is 2.08. The number of ether oxygens (including phenoxy) is 2. The molecule has 1 aromatic carbocycles. The van der Waals surface area contributed by atoms with Crippen LogP contribution in [0.2, 0.25) is 0 Å². The zero-order valence-corrected chi connectivity index (χ0v) is 11.9. The van der Waals surface area contributed by atoms with Crippen molar-refractivity contribution in [3.8, 4) is 5.75 Å². The quantitative estimate of drug-likeness (QED) is 0.662. The van der Waals surface area contributed by atoms with Gasteiger partial charge in [0.05, 0.1) is 0 Å². The van der Waals surface area contributed by atoms with Crippen LogP contribution in [0.15, 0.2) is 29.3 Å². The molecule has 8 heteroatoms. The molecule has 1 aromatic rings. The first-order valence-corrected chi connectivity index (χ1v) is 6.93. The van der Waals surface area contributed by atoms with E-state index in [0.717, 1.165) is 26.1 Å². The predicted molar refractivity (Wildman–Crippen MR) is 76.8 cm³/mol. The van der Waals surface area contributed by atoms with Gasteiger partial charge in [0.2, 0.25) is 0 Å². The highest BCUT2D eigenvalue weighted by atomic mass is 19.4. The first-order chi connectivity index (χ1) is 10.4. The molecule has 0 radical (unpaired) electrons. The summed E-state index contributed by atoms with van der Waals surface area (Å²) in [6.45, 7) is 2.10. The molecule has 2 rings (SSSR count). The highest BCUT2D eigenvalue weighted by Crippen LogP contribution is 2.23. The van der Waals surface area contributed by atoms with Gasteiger partial charge in [-0.3, -0.25) is 4.99 Å². The van der Waals surface area contributed by atoms with Crippen molar-refractivity contribution in [3.63, 3.8) is 0 Å². The molecule has 122 valence electrons. The van der Waals surface area contributed by atoms with Crippen molar-refractivity contribution in [1.82, 2.24) is 0 Å². The molecular formula is C14H18F3N3O2. The van der Waals surface area contributed by atoms with Gasteiger partial charge in [-0.2, -0.15) is 0 Å². The number of hydrogen-bond acceptors (Lipinski definition) is 3. The molecule has 0 saturated carbocycles. The van der Waals surface area contributed by atoms with Gasteiger partial charge in [0.1, 0.15) is 5.75 Å². The summed E-state index contributed by atoms with van der Waals surface area (Å²) < 4.78 is 45.2. The Morgan fingerprint density at radius 2 is 1.91 bits per heavy atom. The minimum Gasteiger partial charge on any atom is -0.406 e. The van der Waals surface area contributed by atoms with Gasteiger partial charge in [-0.1, -0.05) is 0 Å². The molecular weight excluding hydrogens is 299 g/mol. The SMILES string of the molecule is NC(=NCC1CCOCC1)Nc1ccc(OC(F)(F)F)cc1. The third-order valence-corrected chi connectivity index (χ3v) is 3.22. The monoisotopic (exact) mass is 317 g/mol. The summed E-state index contributed by atoms with van der Waals surface area (Å²) in [5, 5.41) is 2.83. The smallest absolute Gasteiger partial charge is 0.406 e. The Morgan fingerprint density at radius 3 is 2.50 bits per heavy atom. The molecule has 1 aliphatic heterocycles. The van der Waals surface area contributed by atoms with Crippen LogP contribution in [0, 0.1) is 5.92 Å². The van der Waals surface area contributed by atoms with Gasteiger partial charge in [0, 0.05) is 25.4 Å². The second-order valence-electron chi connectivity index (χ2n) is 4.98. The van der Waals surface area contributed by atoms with E-state index in [1.54, 1.807) is 0 Å². The maximum absolute atomic E-state index is 12.0. The van der Waals surface area contributed by atoms with Crippen molar-refractivity contribution in [1.29, 1.82) is 0 Å². The van der Waals surface area contributed by atoms with Gasteiger partial charge < -0.3 is 20.5 Å². The Balaban J connectivity index is 1.84. The first-order valence-electron chi connectivity index (χ1n) is 6.93. The largest absolute Gasteiger partial charge is 0.573 e. The molecule has 0 amide bonds. The third-order valence-electron chi connectivity index (χ3n) is 3.22. The summed E-state index contributed by atoms with van der Waals surface area (Å²) in [5.41, 5.74) is 6.30. The molecule has 1 heterocycles. The molecule has 5 nitrogen and oxygen atoms in total. The fraction of sp³-hybridized carbons (Fsp3) is 0.500. The van der Waals surface area contributed by atoms with Crippen LogP contribution in [-0.2, 0) is 4.74 Å². The number of hydrogen-bond donors (Lipinski definition) is 2. The van der Waals surface area contributed by atoms with Crippen molar-refractivity contribution in [3.05, 3.63) is 24.3 Å². The molecule has 22 heavy (non-hydrogen) atoms. The van der Waals surface area contributed by atoms with E-state index in [1.807, 2.05) is 0 Å². The molecule has 0 atom stereocenters. The van der Waals surface area contributed by atoms with E-state index >= 15 is 0 Å². The molecule has 0 bridgehead atoms. The number of nitrogens with two attached hydrogens (primary N) is 1. The second kappa shape index (κ2) is 7.35. The lowest BCUT2D eigenvalue weighted by atomic mass is 10.0. The molecule has 1 aliphatic rings. The van der Waals surface area contributed by atoms with E-state index in [9.17, 15) is 13.2 Å². The van der Waals surface area contributed by atoms with E-state index in [-0.39, 0.29) is 11.7 Å². The molecule has 0 aromatic heterocycles. The van der Waals surface area contributed by atoms with Gasteiger partial charge in [0.15, 0.2) is 5.96 Å². The van der Waals surface area contributed by atoms with Crippen LogP contribution >= 0.6 is 0 Å². The van der Waals surface area contributed by atoms with Gasteiger partial charge >= 0.3 is 6.36 Å². The average molecular weight is 317 g/mol. The number of aliphatic imine (C=N–C) groups is 1. The molecule has 1 saturated heterocycles. The lowest BCUT2D eigenvalue weighted by Crippen LogP contribution is -2.25. The Hall–Kier alpha value is -1.96. The van der Waals surface area contributed by atoms with Crippen molar-refractivity contribution in [2.45, 2.75) is 19.2 Å². The maximum atomic E-state index is 12.0. The summed E-state index contributed by atoms with van der Waals surface area (Å²) in [7, 11) is 0. The number of rotatable bonds is 4. The van der Waals surface area contributed by atoms with Crippen LogP contribution in [0.3, 0.4) is 0 Å². The van der Waals surface area contributed by atoms with Crippen LogP contribution in [0.25, 0.3) is 0 Å². The van der Waals surface area contributed by atoms with Crippen molar-refractivity contribution in [2.75, 3.05) is 25.1 Å². The molecule has 0 unspecified atom stereocenters. The van der Waals surface area contributed by atoms with Crippen LogP contribution < -0.4 is 15.8 Å². The highest BCUT2D eigenvalue weighted by Gasteiger charge is 2.30. The van der Waals surface area contributed by atoms with Crippen LogP contribution in [0.4, 0.5) is 18.9 Å². The fourth-order valence-corrected chi connectivity index (χ4v) is 2.08. The normalized spacial score (nSPS) is 17.3. The van der Waals surface area contributed by atoms with E-state index in [2.05, 4.69) is 15.0 Å². The molecule has 3 N–H and O–H groups in total. The Kier molecular flexibility index (Phi) is 5.48. The number of anilines is 1. The van der Waals surface area contributed by atoms with Crippen molar-refractivity contribution >= 4 is 11.6 Å². The standard InChI is InChI=1S/C14H18F3N3O2/c15-14(16,17)22-12-3-1-11(2-4-12)20-13(18)19-9-10-5-7-21-8-6-10/h1-4,10H,5-9H2,(H3,18,19,20). The van der Waals surface area contributed by atoms with Gasteiger partial charge in [-0.15, -0.1) is 13.2 Å². The second-order valence-corrected chi connectivity index (χ2v) is 4.98. The van der Waals surface area contributed by atoms with Crippen molar-refractivity contribution < 1.29 is 22.6 Å². The summed E-state index contributed by atoms with van der Waals surface area (Å²) >= 11 is 0. The number of nitrogens with zero attached hydrogens (tertiary/aromatic N) is 1. The highest BCUT2D eigenvalue weighted by molar-refractivity contribution is 5.92. The zero-order valence-electron chi connectivity index (χ0n) is 11.9. The predicted octanol–water partition coefficient (Wildman–Crippen LogP) is 2.74. The number of nitrogens with one attached hydrogen (secondary N) is 1. The Bertz CT molecular complexity index is 497. The Morgan fingerprint density at radius 1 is 1.27 bits per heavy atom. The molecule has 0 spiro atoms. The van der Waals surface area contributed by atoms with E-state index in [1.165, 1.54) is 24.3 Å². The topological polar surface area (TPSA) is 68.9 Å². The van der Waals surface area contributed by atoms with Gasteiger partial charge in [-0.25, -0.2) is 0 Å². The number of benzene rings is 1. The number of guanidine groups is 1. The third kappa shape index (κ3) is 5.80. The summed E-state index contributed by atoms with van der Waals surface area (Å²) in [4.78, 5) is 4.24. The van der Waals surface area contributed by atoms with Crippen LogP contribution in [0.5, 0.6) is 5.75 Å². The number of halogens is 3. The first kappa shape index (κ1) is 16.4. The lowest BCUT2D eigenvalue weighted by Gasteiger charge is -2.20. The van der Waals surface area contributed by atoms with Crippen LogP contribution in [-0.4, -0.2) is 32.1 Å².